The monoisotopic (exact) mass is 933 g/mol. The Morgan fingerprint density at radius 2 is 0.870 bits per heavy atom. The van der Waals surface area contributed by atoms with Crippen molar-refractivity contribution in [2.45, 2.75) is 39.8 Å². The highest BCUT2D eigenvalue weighted by molar-refractivity contribution is 6.06. The topological polar surface area (TPSA) is 218 Å². The summed E-state index contributed by atoms with van der Waals surface area (Å²) in [5.41, 5.74) is 6.67. The summed E-state index contributed by atoms with van der Waals surface area (Å²) in [7, 11) is 0. The number of hydrogen-bond acceptors (Lipinski definition) is 12. The van der Waals surface area contributed by atoms with Gasteiger partial charge in [-0.1, -0.05) is 67.9 Å². The van der Waals surface area contributed by atoms with Gasteiger partial charge in [-0.3, -0.25) is 14.4 Å². The van der Waals surface area contributed by atoms with Crippen molar-refractivity contribution in [1.29, 1.82) is 0 Å². The Morgan fingerprint density at radius 3 is 1.23 bits per heavy atom. The third-order valence-electron chi connectivity index (χ3n) is 10.1. The quantitative estimate of drug-likeness (QED) is 0.118. The van der Waals surface area contributed by atoms with Gasteiger partial charge in [0, 0.05) is 33.8 Å². The molecule has 69 heavy (non-hydrogen) atoms. The van der Waals surface area contributed by atoms with Crippen LogP contribution in [0.1, 0.15) is 73.1 Å². The van der Waals surface area contributed by atoms with E-state index in [1.165, 1.54) is 63.7 Å². The maximum atomic E-state index is 13.0. The van der Waals surface area contributed by atoms with Crippen LogP contribution in [0, 0.1) is 13.8 Å². The number of nitrogens with zero attached hydrogens (tertiary/aromatic N) is 12. The van der Waals surface area contributed by atoms with Crippen LogP contribution in [-0.2, 0) is 6.18 Å². The first-order chi connectivity index (χ1) is 33.2. The summed E-state index contributed by atoms with van der Waals surface area (Å²) in [5.74, 6) is -0.411. The van der Waals surface area contributed by atoms with E-state index in [4.69, 9.17) is 0 Å². The highest BCUT2D eigenvalue weighted by atomic mass is 19.4. The van der Waals surface area contributed by atoms with E-state index in [-0.39, 0.29) is 28.6 Å². The minimum absolute atomic E-state index is 0.0655. The first-order valence-corrected chi connectivity index (χ1v) is 21.0. The van der Waals surface area contributed by atoms with Crippen molar-refractivity contribution < 1.29 is 27.6 Å². The second-order valence-electron chi connectivity index (χ2n) is 15.4. The molecule has 21 heteroatoms. The smallest absolute Gasteiger partial charge is 0.322 e. The first-order valence-electron chi connectivity index (χ1n) is 21.0. The van der Waals surface area contributed by atoms with Crippen LogP contribution in [0.4, 0.5) is 30.2 Å². The molecule has 3 heterocycles. The van der Waals surface area contributed by atoms with Gasteiger partial charge in [0.25, 0.3) is 17.7 Å². The van der Waals surface area contributed by atoms with Crippen LogP contribution in [0.3, 0.4) is 0 Å². The van der Waals surface area contributed by atoms with Crippen molar-refractivity contribution in [3.8, 4) is 17.1 Å². The average molecular weight is 934 g/mol. The number of rotatable bonds is 10. The van der Waals surface area contributed by atoms with Gasteiger partial charge in [0.1, 0.15) is 19.0 Å². The lowest BCUT2D eigenvalue weighted by Crippen LogP contribution is -2.14. The molecular weight excluding hydrogens is 892 g/mol. The molecule has 0 saturated carbocycles. The fraction of sp³-hybridized carbons (Fsp3) is 0.125. The molecule has 9 aromatic rings. The Kier molecular flexibility index (Phi) is 15.1. The number of nitrogens with one attached hydrogen (secondary N) is 3. The molecule has 0 spiro atoms. The zero-order chi connectivity index (χ0) is 48.9. The molecule has 18 nitrogen and oxygen atoms in total. The molecule has 9 rings (SSSR count). The molecule has 3 N–H and O–H groups in total. The second kappa shape index (κ2) is 21.8. The molecule has 0 saturated heterocycles. The molecule has 6 aromatic carbocycles. The van der Waals surface area contributed by atoms with Gasteiger partial charge in [0.05, 0.1) is 22.6 Å². The largest absolute Gasteiger partial charge is 0.416 e. The number of amides is 3. The molecule has 0 radical (unpaired) electrons. The Balaban J connectivity index is 0.000000153. The lowest BCUT2D eigenvalue weighted by molar-refractivity contribution is -0.138. The van der Waals surface area contributed by atoms with Crippen molar-refractivity contribution in [2.24, 2.45) is 0 Å². The average Bonchev–Trinajstić information content (AvgIpc) is 4.20. The number of anilines is 3. The number of tetrazole rings is 3. The van der Waals surface area contributed by atoms with Gasteiger partial charge in [0.2, 0.25) is 0 Å². The molecule has 0 unspecified atom stereocenters. The number of alkyl halides is 3. The molecular formula is C48H42F3N15O3. The molecule has 0 fully saturated rings. The van der Waals surface area contributed by atoms with Crippen LogP contribution in [0.2, 0.25) is 0 Å². The van der Waals surface area contributed by atoms with E-state index in [1.807, 2.05) is 67.6 Å². The van der Waals surface area contributed by atoms with E-state index in [2.05, 4.69) is 76.4 Å². The Bertz CT molecular complexity index is 3130. The van der Waals surface area contributed by atoms with Crippen LogP contribution in [0.15, 0.2) is 159 Å². The number of benzene rings is 6. The maximum Gasteiger partial charge on any atom is 0.416 e. The van der Waals surface area contributed by atoms with Crippen LogP contribution in [0.5, 0.6) is 0 Å². The lowest BCUT2D eigenvalue weighted by atomic mass is 10.0. The SMILES string of the molecule is CC(C)c1ccc(NC(=O)c2cccc(-n3cnnn3)c2)cc1.Cc1ccc(NC(=O)c2cccc(-n3cnnn3)c2)cc1.Cc1ccc(NC(=O)c2cccc(-n3cnnn3)c2)cc1C(F)(F)F. The van der Waals surface area contributed by atoms with Crippen molar-refractivity contribution in [3.63, 3.8) is 0 Å². The van der Waals surface area contributed by atoms with Gasteiger partial charge in [0.15, 0.2) is 0 Å². The van der Waals surface area contributed by atoms with E-state index in [0.717, 1.165) is 34.4 Å². The number of hydrogen-bond donors (Lipinski definition) is 3. The van der Waals surface area contributed by atoms with Crippen molar-refractivity contribution in [2.75, 3.05) is 16.0 Å². The molecule has 3 aromatic heterocycles. The minimum Gasteiger partial charge on any atom is -0.322 e. The number of carbonyl (C=O) groups excluding carboxylic acids is 3. The Morgan fingerprint density at radius 1 is 0.493 bits per heavy atom. The Hall–Kier alpha value is -9.27. The summed E-state index contributed by atoms with van der Waals surface area (Å²) in [6.45, 7) is 7.64. The molecule has 0 aliphatic rings. The molecule has 0 aliphatic carbocycles. The lowest BCUT2D eigenvalue weighted by Gasteiger charge is -2.13. The molecule has 0 aliphatic heterocycles. The van der Waals surface area contributed by atoms with Gasteiger partial charge >= 0.3 is 6.18 Å². The highest BCUT2D eigenvalue weighted by Gasteiger charge is 2.32. The number of aryl methyl sites for hydroxylation is 2. The number of carbonyl (C=O) groups is 3. The summed E-state index contributed by atoms with van der Waals surface area (Å²) in [5, 5.41) is 40.9. The third-order valence-corrected chi connectivity index (χ3v) is 10.1. The van der Waals surface area contributed by atoms with Crippen molar-refractivity contribution in [3.05, 3.63) is 197 Å². The predicted octanol–water partition coefficient (Wildman–Crippen LogP) is 8.50. The number of aromatic nitrogens is 12. The van der Waals surface area contributed by atoms with E-state index in [1.54, 1.807) is 54.6 Å². The summed E-state index contributed by atoms with van der Waals surface area (Å²) in [6, 6.07) is 39.8. The van der Waals surface area contributed by atoms with E-state index in [9.17, 15) is 27.6 Å². The van der Waals surface area contributed by atoms with Crippen LogP contribution >= 0.6 is 0 Å². The third kappa shape index (κ3) is 13.0. The van der Waals surface area contributed by atoms with E-state index in [0.29, 0.717) is 22.7 Å². The fourth-order valence-electron chi connectivity index (χ4n) is 6.41. The van der Waals surface area contributed by atoms with Crippen LogP contribution in [-0.4, -0.2) is 78.3 Å². The van der Waals surface area contributed by atoms with Crippen molar-refractivity contribution in [1.82, 2.24) is 60.6 Å². The predicted molar refractivity (Wildman–Crippen MR) is 249 cm³/mol. The van der Waals surface area contributed by atoms with Gasteiger partial charge in [-0.25, -0.2) is 14.0 Å². The molecule has 0 atom stereocenters. The van der Waals surface area contributed by atoms with Gasteiger partial charge in [-0.2, -0.15) is 13.2 Å². The molecule has 3 amide bonds. The van der Waals surface area contributed by atoms with E-state index >= 15 is 0 Å². The summed E-state index contributed by atoms with van der Waals surface area (Å²) in [4.78, 5) is 37.0. The standard InChI is InChI=1S/C17H17N5O.C16H12F3N5O.C15H13N5O/c1-12(2)13-6-8-15(9-7-13)19-17(23)14-4-3-5-16(10-14)22-11-18-20-21-22;1-10-5-6-12(8-14(10)16(17,18)19)21-15(25)11-3-2-4-13(7-11)24-9-20-22-23-24;1-11-5-7-13(8-6-11)17-15(21)12-3-2-4-14(9-12)20-10-16-18-19-20/h3-12H,1-2H3,(H,19,23);2-9H,1H3,(H,21,25);2-10H,1H3,(H,17,21). The van der Waals surface area contributed by atoms with Gasteiger partial charge < -0.3 is 16.0 Å². The van der Waals surface area contributed by atoms with Gasteiger partial charge in [-0.05, 0) is 153 Å². The highest BCUT2D eigenvalue weighted by Crippen LogP contribution is 2.33. The van der Waals surface area contributed by atoms with Crippen molar-refractivity contribution >= 4 is 34.8 Å². The maximum absolute atomic E-state index is 13.0. The Labute approximate surface area is 392 Å². The van der Waals surface area contributed by atoms with E-state index < -0.39 is 17.6 Å². The summed E-state index contributed by atoms with van der Waals surface area (Å²) in [6.07, 6.45) is -0.143. The van der Waals surface area contributed by atoms with Gasteiger partial charge in [-0.15, -0.1) is 15.3 Å². The molecule has 0 bridgehead atoms. The zero-order valence-electron chi connectivity index (χ0n) is 37.3. The molecule has 348 valence electrons. The normalized spacial score (nSPS) is 10.8. The number of halogens is 3. The second-order valence-corrected chi connectivity index (χ2v) is 15.4. The minimum atomic E-state index is -4.48. The first kappa shape index (κ1) is 47.7. The zero-order valence-corrected chi connectivity index (χ0v) is 37.3. The fourth-order valence-corrected chi connectivity index (χ4v) is 6.41. The summed E-state index contributed by atoms with van der Waals surface area (Å²) >= 11 is 0. The summed E-state index contributed by atoms with van der Waals surface area (Å²) < 4.78 is 43.3. The van der Waals surface area contributed by atoms with Crippen LogP contribution < -0.4 is 16.0 Å². The van der Waals surface area contributed by atoms with Crippen LogP contribution in [0.25, 0.3) is 17.1 Å².